The number of imide groups is 1. The standard InChI is InChI=1S/C10H8N2O5/c1-17-7-4-2-3-6(5-11)8(7)12(9(13)14)10(15)16/h2-4H,1H3,(H,13,14)(H,15,16). The largest absolute Gasteiger partial charge is 0.495 e. The Morgan fingerprint density at radius 2 is 1.94 bits per heavy atom. The molecule has 0 unspecified atom stereocenters. The maximum Gasteiger partial charge on any atom is 0.421 e. The molecule has 0 saturated carbocycles. The lowest BCUT2D eigenvalue weighted by molar-refractivity contribution is 0.184. The molecule has 0 aliphatic carbocycles. The number of nitrogens with zero attached hydrogens (tertiary/aromatic N) is 2. The van der Waals surface area contributed by atoms with E-state index in [9.17, 15) is 9.59 Å². The fourth-order valence-corrected chi connectivity index (χ4v) is 1.28. The van der Waals surface area contributed by atoms with Crippen molar-refractivity contribution in [2.75, 3.05) is 12.0 Å². The van der Waals surface area contributed by atoms with E-state index in [1.165, 1.54) is 25.3 Å². The van der Waals surface area contributed by atoms with E-state index in [4.69, 9.17) is 20.2 Å². The van der Waals surface area contributed by atoms with Gasteiger partial charge in [0.25, 0.3) is 0 Å². The molecule has 0 fully saturated rings. The Labute approximate surface area is 96.1 Å². The molecule has 7 heteroatoms. The number of methoxy groups -OCH3 is 1. The first-order valence-electron chi connectivity index (χ1n) is 4.36. The van der Waals surface area contributed by atoms with Crippen LogP contribution in [0.1, 0.15) is 5.56 Å². The average Bonchev–Trinajstić information content (AvgIpc) is 2.28. The Morgan fingerprint density at radius 3 is 2.35 bits per heavy atom. The number of carboxylic acid groups (broad SMARTS) is 2. The molecule has 2 N–H and O–H groups in total. The Kier molecular flexibility index (Phi) is 3.51. The number of ether oxygens (including phenoxy) is 1. The van der Waals surface area contributed by atoms with Gasteiger partial charge in [-0.1, -0.05) is 6.07 Å². The van der Waals surface area contributed by atoms with E-state index in [0.717, 1.165) is 0 Å². The lowest BCUT2D eigenvalue weighted by Crippen LogP contribution is -2.35. The molecule has 1 aromatic rings. The summed E-state index contributed by atoms with van der Waals surface area (Å²) >= 11 is 0. The average molecular weight is 236 g/mol. The minimum atomic E-state index is -1.71. The van der Waals surface area contributed by atoms with E-state index in [1.54, 1.807) is 6.07 Å². The lowest BCUT2D eigenvalue weighted by atomic mass is 10.1. The summed E-state index contributed by atoms with van der Waals surface area (Å²) in [7, 11) is 1.25. The number of amides is 2. The van der Waals surface area contributed by atoms with Crippen molar-refractivity contribution in [2.45, 2.75) is 0 Å². The summed E-state index contributed by atoms with van der Waals surface area (Å²) in [4.78, 5) is 21.8. The SMILES string of the molecule is COc1cccc(C#N)c1N(C(=O)O)C(=O)O. The minimum Gasteiger partial charge on any atom is -0.495 e. The van der Waals surface area contributed by atoms with E-state index >= 15 is 0 Å². The first-order valence-corrected chi connectivity index (χ1v) is 4.36. The zero-order chi connectivity index (χ0) is 13.0. The van der Waals surface area contributed by atoms with Gasteiger partial charge in [0, 0.05) is 0 Å². The van der Waals surface area contributed by atoms with E-state index in [0.29, 0.717) is 0 Å². The lowest BCUT2D eigenvalue weighted by Gasteiger charge is -2.17. The van der Waals surface area contributed by atoms with Crippen molar-refractivity contribution in [1.82, 2.24) is 0 Å². The summed E-state index contributed by atoms with van der Waals surface area (Å²) in [5, 5.41) is 26.5. The molecular weight excluding hydrogens is 228 g/mol. The highest BCUT2D eigenvalue weighted by Gasteiger charge is 2.28. The fourth-order valence-electron chi connectivity index (χ4n) is 1.28. The molecule has 88 valence electrons. The van der Waals surface area contributed by atoms with Crippen molar-refractivity contribution in [3.63, 3.8) is 0 Å². The topological polar surface area (TPSA) is 111 Å². The third-order valence-corrected chi connectivity index (χ3v) is 1.95. The normalized spacial score (nSPS) is 9.18. The van der Waals surface area contributed by atoms with Gasteiger partial charge in [-0.2, -0.15) is 10.2 Å². The second kappa shape index (κ2) is 4.85. The number of rotatable bonds is 2. The van der Waals surface area contributed by atoms with E-state index in [2.05, 4.69) is 0 Å². The van der Waals surface area contributed by atoms with Gasteiger partial charge in [-0.3, -0.25) is 0 Å². The molecule has 0 aliphatic rings. The smallest absolute Gasteiger partial charge is 0.421 e. The number of hydrogen-bond acceptors (Lipinski definition) is 4. The number of anilines is 1. The second-order valence-electron chi connectivity index (χ2n) is 2.87. The molecular formula is C10H8N2O5. The predicted octanol–water partition coefficient (Wildman–Crippen LogP) is 1.73. The molecule has 2 amide bonds. The number of benzene rings is 1. The van der Waals surface area contributed by atoms with Crippen LogP contribution < -0.4 is 9.64 Å². The maximum atomic E-state index is 10.9. The summed E-state index contributed by atoms with van der Waals surface area (Å²) in [6.45, 7) is 0. The van der Waals surface area contributed by atoms with Crippen LogP contribution in [0.2, 0.25) is 0 Å². The molecule has 0 bridgehead atoms. The van der Waals surface area contributed by atoms with Gasteiger partial charge in [-0.05, 0) is 12.1 Å². The summed E-state index contributed by atoms with van der Waals surface area (Å²) in [6, 6.07) is 5.85. The van der Waals surface area contributed by atoms with Crippen LogP contribution in [0.4, 0.5) is 15.3 Å². The second-order valence-corrected chi connectivity index (χ2v) is 2.87. The van der Waals surface area contributed by atoms with Crippen LogP contribution >= 0.6 is 0 Å². The van der Waals surface area contributed by atoms with Crippen LogP contribution in [0.3, 0.4) is 0 Å². The first-order chi connectivity index (χ1) is 8.02. The Hall–Kier alpha value is -2.75. The minimum absolute atomic E-state index is 0.00569. The summed E-state index contributed by atoms with van der Waals surface area (Å²) in [5.41, 5.74) is -0.411. The van der Waals surface area contributed by atoms with Gasteiger partial charge in [0.1, 0.15) is 17.5 Å². The number of para-hydroxylation sites is 1. The zero-order valence-electron chi connectivity index (χ0n) is 8.75. The molecule has 0 aliphatic heterocycles. The quantitative estimate of drug-likeness (QED) is 0.808. The fraction of sp³-hybridized carbons (Fsp3) is 0.100. The highest BCUT2D eigenvalue weighted by molar-refractivity contribution is 6.10. The maximum absolute atomic E-state index is 10.9. The monoisotopic (exact) mass is 236 g/mol. The van der Waals surface area contributed by atoms with Crippen LogP contribution in [0.15, 0.2) is 18.2 Å². The van der Waals surface area contributed by atoms with Gasteiger partial charge in [0.05, 0.1) is 12.7 Å². The van der Waals surface area contributed by atoms with Crippen LogP contribution in [-0.4, -0.2) is 29.5 Å². The number of carbonyl (C=O) groups is 2. The molecule has 7 nitrogen and oxygen atoms in total. The Morgan fingerprint density at radius 1 is 1.35 bits per heavy atom. The molecule has 1 rings (SSSR count). The van der Waals surface area contributed by atoms with Gasteiger partial charge < -0.3 is 14.9 Å². The third kappa shape index (κ3) is 2.26. The number of nitriles is 1. The molecule has 0 saturated heterocycles. The zero-order valence-corrected chi connectivity index (χ0v) is 8.75. The highest BCUT2D eigenvalue weighted by atomic mass is 16.5. The van der Waals surface area contributed by atoms with Gasteiger partial charge in [-0.25, -0.2) is 9.59 Å². The molecule has 0 atom stereocenters. The van der Waals surface area contributed by atoms with Gasteiger partial charge in [-0.15, -0.1) is 0 Å². The Balaban J connectivity index is 3.51. The van der Waals surface area contributed by atoms with Crippen molar-refractivity contribution in [1.29, 1.82) is 5.26 Å². The molecule has 0 aromatic heterocycles. The van der Waals surface area contributed by atoms with Crippen LogP contribution in [-0.2, 0) is 0 Å². The molecule has 1 aromatic carbocycles. The molecule has 0 spiro atoms. The van der Waals surface area contributed by atoms with Crippen LogP contribution in [0.25, 0.3) is 0 Å². The van der Waals surface area contributed by atoms with E-state index in [1.807, 2.05) is 0 Å². The van der Waals surface area contributed by atoms with Crippen molar-refractivity contribution in [3.05, 3.63) is 23.8 Å². The van der Waals surface area contributed by atoms with E-state index < -0.39 is 12.2 Å². The Bertz CT molecular complexity index is 492. The summed E-state index contributed by atoms with van der Waals surface area (Å²) < 4.78 is 4.85. The predicted molar refractivity (Wildman–Crippen MR) is 56.2 cm³/mol. The van der Waals surface area contributed by atoms with Gasteiger partial charge >= 0.3 is 12.2 Å². The van der Waals surface area contributed by atoms with Crippen LogP contribution in [0.5, 0.6) is 5.75 Å². The van der Waals surface area contributed by atoms with Crippen molar-refractivity contribution < 1.29 is 24.5 Å². The summed E-state index contributed by atoms with van der Waals surface area (Å²) in [5.74, 6) is -0.00569. The molecule has 0 heterocycles. The van der Waals surface area contributed by atoms with Crippen molar-refractivity contribution >= 4 is 17.9 Å². The summed E-state index contributed by atoms with van der Waals surface area (Å²) in [6.07, 6.45) is -3.42. The third-order valence-electron chi connectivity index (χ3n) is 1.95. The molecule has 0 radical (unpaired) electrons. The first kappa shape index (κ1) is 12.3. The number of hydrogen-bond donors (Lipinski definition) is 2. The van der Waals surface area contributed by atoms with Crippen molar-refractivity contribution in [2.24, 2.45) is 0 Å². The van der Waals surface area contributed by atoms with Crippen LogP contribution in [0, 0.1) is 11.3 Å². The highest BCUT2D eigenvalue weighted by Crippen LogP contribution is 2.32. The van der Waals surface area contributed by atoms with E-state index in [-0.39, 0.29) is 21.9 Å². The molecule has 17 heavy (non-hydrogen) atoms. The van der Waals surface area contributed by atoms with Crippen molar-refractivity contribution in [3.8, 4) is 11.8 Å². The van der Waals surface area contributed by atoms with Gasteiger partial charge in [0.2, 0.25) is 0 Å². The van der Waals surface area contributed by atoms with Gasteiger partial charge in [0.15, 0.2) is 0 Å².